The number of carbonyl (C=O) groups is 2. The van der Waals surface area contributed by atoms with Gasteiger partial charge in [0.25, 0.3) is 0 Å². The van der Waals surface area contributed by atoms with Crippen molar-refractivity contribution in [3.63, 3.8) is 0 Å². The van der Waals surface area contributed by atoms with Gasteiger partial charge in [-0.15, -0.1) is 0 Å². The number of carbonyl (C=O) groups excluding carboxylic acids is 2. The molecule has 0 heterocycles. The molecule has 1 amide bonds. The number of rotatable bonds is 3. The summed E-state index contributed by atoms with van der Waals surface area (Å²) in [6.45, 7) is 1.31. The minimum atomic E-state index is -0.634. The van der Waals surface area contributed by atoms with E-state index in [2.05, 4.69) is 10.1 Å². The molecule has 0 bridgehead atoms. The SMILES string of the molecule is COC(=O)c1cc(Cl)c(NC(C)=O)c(Cl)c1OC. The molecule has 0 fully saturated rings. The van der Waals surface area contributed by atoms with Crippen LogP contribution in [0.5, 0.6) is 5.75 Å². The molecule has 98 valence electrons. The molecule has 0 saturated carbocycles. The quantitative estimate of drug-likeness (QED) is 0.870. The molecule has 0 aliphatic carbocycles. The lowest BCUT2D eigenvalue weighted by Gasteiger charge is -2.14. The van der Waals surface area contributed by atoms with Crippen molar-refractivity contribution in [1.29, 1.82) is 0 Å². The van der Waals surface area contributed by atoms with E-state index in [-0.39, 0.29) is 33.0 Å². The zero-order chi connectivity index (χ0) is 13.9. The molecule has 0 spiro atoms. The molecule has 0 aromatic heterocycles. The summed E-state index contributed by atoms with van der Waals surface area (Å²) < 4.78 is 9.62. The van der Waals surface area contributed by atoms with Gasteiger partial charge in [0, 0.05) is 6.92 Å². The van der Waals surface area contributed by atoms with E-state index in [1.807, 2.05) is 0 Å². The molecule has 0 aliphatic rings. The second kappa shape index (κ2) is 5.93. The van der Waals surface area contributed by atoms with Gasteiger partial charge in [0.1, 0.15) is 10.6 Å². The van der Waals surface area contributed by atoms with Crippen LogP contribution in [0.4, 0.5) is 5.69 Å². The number of halogens is 2. The third kappa shape index (κ3) is 2.86. The molecule has 1 N–H and O–H groups in total. The Morgan fingerprint density at radius 3 is 2.33 bits per heavy atom. The molecule has 1 aromatic carbocycles. The van der Waals surface area contributed by atoms with Crippen LogP contribution in [0.1, 0.15) is 17.3 Å². The summed E-state index contributed by atoms with van der Waals surface area (Å²) >= 11 is 12.0. The Bertz CT molecular complexity index is 502. The van der Waals surface area contributed by atoms with E-state index < -0.39 is 5.97 Å². The molecule has 18 heavy (non-hydrogen) atoms. The maximum absolute atomic E-state index is 11.5. The molecule has 0 atom stereocenters. The minimum Gasteiger partial charge on any atom is -0.494 e. The summed E-state index contributed by atoms with van der Waals surface area (Å²) in [7, 11) is 2.57. The molecule has 0 unspecified atom stereocenters. The van der Waals surface area contributed by atoms with Crippen molar-refractivity contribution in [2.24, 2.45) is 0 Å². The van der Waals surface area contributed by atoms with E-state index in [1.165, 1.54) is 27.2 Å². The topological polar surface area (TPSA) is 64.6 Å². The third-order valence-corrected chi connectivity index (χ3v) is 2.74. The van der Waals surface area contributed by atoms with Crippen LogP contribution in [0.15, 0.2) is 6.07 Å². The van der Waals surface area contributed by atoms with Gasteiger partial charge in [0.05, 0.1) is 24.9 Å². The second-order valence-corrected chi connectivity index (χ2v) is 4.09. The molecule has 1 aromatic rings. The number of amides is 1. The van der Waals surface area contributed by atoms with E-state index in [0.29, 0.717) is 0 Å². The predicted molar refractivity (Wildman–Crippen MR) is 68.7 cm³/mol. The Kier molecular flexibility index (Phi) is 4.81. The number of hydrogen-bond acceptors (Lipinski definition) is 4. The first-order valence-corrected chi connectivity index (χ1v) is 5.59. The highest BCUT2D eigenvalue weighted by Crippen LogP contribution is 2.40. The van der Waals surface area contributed by atoms with Gasteiger partial charge >= 0.3 is 5.97 Å². The number of nitrogens with one attached hydrogen (secondary N) is 1. The monoisotopic (exact) mass is 291 g/mol. The molecule has 0 saturated heterocycles. The van der Waals surface area contributed by atoms with Crippen LogP contribution in [-0.2, 0) is 9.53 Å². The van der Waals surface area contributed by atoms with Crippen molar-refractivity contribution in [2.75, 3.05) is 19.5 Å². The van der Waals surface area contributed by atoms with Gasteiger partial charge in [-0.3, -0.25) is 4.79 Å². The Morgan fingerprint density at radius 1 is 1.28 bits per heavy atom. The van der Waals surface area contributed by atoms with Crippen molar-refractivity contribution in [3.05, 3.63) is 21.7 Å². The maximum Gasteiger partial charge on any atom is 0.341 e. The molecule has 1 rings (SSSR count). The summed E-state index contributed by atoms with van der Waals surface area (Å²) in [6, 6.07) is 1.32. The largest absolute Gasteiger partial charge is 0.494 e. The van der Waals surface area contributed by atoms with Gasteiger partial charge in [-0.25, -0.2) is 4.79 Å². The third-order valence-electron chi connectivity index (χ3n) is 2.08. The number of benzene rings is 1. The summed E-state index contributed by atoms with van der Waals surface area (Å²) in [4.78, 5) is 22.6. The average Bonchev–Trinajstić information content (AvgIpc) is 2.32. The predicted octanol–water partition coefficient (Wildman–Crippen LogP) is 2.75. The molecule has 0 radical (unpaired) electrons. The highest BCUT2D eigenvalue weighted by atomic mass is 35.5. The number of ether oxygens (including phenoxy) is 2. The lowest BCUT2D eigenvalue weighted by atomic mass is 10.1. The van der Waals surface area contributed by atoms with Crippen LogP contribution >= 0.6 is 23.2 Å². The summed E-state index contributed by atoms with van der Waals surface area (Å²) in [6.07, 6.45) is 0. The Morgan fingerprint density at radius 2 is 1.89 bits per heavy atom. The van der Waals surface area contributed by atoms with Crippen LogP contribution in [-0.4, -0.2) is 26.1 Å². The van der Waals surface area contributed by atoms with Crippen LogP contribution in [0.25, 0.3) is 0 Å². The van der Waals surface area contributed by atoms with Crippen molar-refractivity contribution in [1.82, 2.24) is 0 Å². The zero-order valence-electron chi connectivity index (χ0n) is 9.97. The highest BCUT2D eigenvalue weighted by Gasteiger charge is 2.22. The number of anilines is 1. The fourth-order valence-electron chi connectivity index (χ4n) is 1.35. The van der Waals surface area contributed by atoms with Crippen molar-refractivity contribution in [2.45, 2.75) is 6.92 Å². The fraction of sp³-hybridized carbons (Fsp3) is 0.273. The van der Waals surface area contributed by atoms with Gasteiger partial charge in [-0.2, -0.15) is 0 Å². The van der Waals surface area contributed by atoms with E-state index in [0.717, 1.165) is 0 Å². The first-order chi connectivity index (χ1) is 8.42. The Hall–Kier alpha value is -1.46. The first-order valence-electron chi connectivity index (χ1n) is 4.84. The molecule has 7 heteroatoms. The second-order valence-electron chi connectivity index (χ2n) is 3.30. The maximum atomic E-state index is 11.5. The van der Waals surface area contributed by atoms with E-state index in [1.54, 1.807) is 0 Å². The van der Waals surface area contributed by atoms with E-state index in [4.69, 9.17) is 27.9 Å². The molecule has 0 aliphatic heterocycles. The molecular weight excluding hydrogens is 281 g/mol. The van der Waals surface area contributed by atoms with Crippen LogP contribution < -0.4 is 10.1 Å². The lowest BCUT2D eigenvalue weighted by molar-refractivity contribution is -0.114. The van der Waals surface area contributed by atoms with Gasteiger partial charge in [-0.05, 0) is 6.07 Å². The summed E-state index contributed by atoms with van der Waals surface area (Å²) in [5.41, 5.74) is 0.277. The number of esters is 1. The number of methoxy groups -OCH3 is 2. The normalized spacial score (nSPS) is 9.83. The van der Waals surface area contributed by atoms with Crippen LogP contribution in [0.3, 0.4) is 0 Å². The van der Waals surface area contributed by atoms with E-state index in [9.17, 15) is 9.59 Å². The van der Waals surface area contributed by atoms with Gasteiger partial charge in [0.2, 0.25) is 5.91 Å². The first kappa shape index (κ1) is 14.6. The van der Waals surface area contributed by atoms with E-state index >= 15 is 0 Å². The van der Waals surface area contributed by atoms with Crippen LogP contribution in [0.2, 0.25) is 10.0 Å². The minimum absolute atomic E-state index is 0.0422. The van der Waals surface area contributed by atoms with Gasteiger partial charge < -0.3 is 14.8 Å². The van der Waals surface area contributed by atoms with Crippen molar-refractivity contribution in [3.8, 4) is 5.75 Å². The van der Waals surface area contributed by atoms with Gasteiger partial charge in [-0.1, -0.05) is 23.2 Å². The molecule has 5 nitrogen and oxygen atoms in total. The van der Waals surface area contributed by atoms with Crippen molar-refractivity contribution >= 4 is 40.8 Å². The highest BCUT2D eigenvalue weighted by molar-refractivity contribution is 6.41. The summed E-state index contributed by atoms with van der Waals surface area (Å²) in [5, 5.41) is 2.63. The van der Waals surface area contributed by atoms with Crippen LogP contribution in [0, 0.1) is 0 Å². The van der Waals surface area contributed by atoms with Crippen molar-refractivity contribution < 1.29 is 19.1 Å². The Labute approximate surface area is 114 Å². The summed E-state index contributed by atoms with van der Waals surface area (Å²) in [5.74, 6) is -0.881. The smallest absolute Gasteiger partial charge is 0.341 e. The Balaban J connectivity index is 3.44. The fourth-order valence-corrected chi connectivity index (χ4v) is 1.98. The molecular formula is C11H11Cl2NO4. The van der Waals surface area contributed by atoms with Gasteiger partial charge in [0.15, 0.2) is 5.75 Å². The average molecular weight is 292 g/mol. The number of hydrogen-bond donors (Lipinski definition) is 1. The zero-order valence-corrected chi connectivity index (χ0v) is 11.5. The standard InChI is InChI=1S/C11H11Cl2NO4/c1-5(15)14-9-7(12)4-6(11(16)18-3)10(17-2)8(9)13/h4H,1-3H3,(H,14,15). The lowest BCUT2D eigenvalue weighted by Crippen LogP contribution is -2.10.